The molecule has 106 valence electrons. The highest BCUT2D eigenvalue weighted by molar-refractivity contribution is 7.09. The van der Waals surface area contributed by atoms with E-state index in [1.165, 1.54) is 24.5 Å². The first-order valence-corrected chi connectivity index (χ1v) is 6.64. The second kappa shape index (κ2) is 6.29. The quantitative estimate of drug-likeness (QED) is 0.655. The molecule has 0 saturated carbocycles. The molecule has 2 rings (SSSR count). The lowest BCUT2D eigenvalue weighted by Crippen LogP contribution is -2.07. The predicted octanol–water partition coefficient (Wildman–Crippen LogP) is 2.85. The Kier molecular flexibility index (Phi) is 4.46. The summed E-state index contributed by atoms with van der Waals surface area (Å²) in [6, 6.07) is 2.14. The number of ether oxygens (including phenoxy) is 1. The summed E-state index contributed by atoms with van der Waals surface area (Å²) in [4.78, 5) is 14.2. The van der Waals surface area contributed by atoms with Crippen LogP contribution in [0.4, 0.5) is 15.8 Å². The van der Waals surface area contributed by atoms with Crippen molar-refractivity contribution in [3.8, 4) is 5.75 Å². The Hall–Kier alpha value is -2.22. The van der Waals surface area contributed by atoms with E-state index in [-0.39, 0.29) is 11.4 Å². The van der Waals surface area contributed by atoms with Crippen molar-refractivity contribution in [2.45, 2.75) is 6.42 Å². The van der Waals surface area contributed by atoms with Gasteiger partial charge in [0, 0.05) is 30.6 Å². The zero-order chi connectivity index (χ0) is 14.5. The van der Waals surface area contributed by atoms with Gasteiger partial charge in [-0.2, -0.15) is 0 Å². The Labute approximate surface area is 118 Å². The number of hydrogen-bond donors (Lipinski definition) is 1. The number of aromatic nitrogens is 1. The zero-order valence-corrected chi connectivity index (χ0v) is 11.4. The summed E-state index contributed by atoms with van der Waals surface area (Å²) < 4.78 is 18.7. The lowest BCUT2D eigenvalue weighted by molar-refractivity contribution is -0.385. The molecule has 0 aliphatic carbocycles. The average Bonchev–Trinajstić information content (AvgIpc) is 2.93. The Balaban J connectivity index is 2.09. The smallest absolute Gasteiger partial charge is 0.313 e. The number of nitro benzene ring substituents is 1. The third-order valence-electron chi connectivity index (χ3n) is 2.60. The first-order valence-electron chi connectivity index (χ1n) is 5.76. The molecular formula is C12H12FN3O3S. The molecule has 1 aromatic carbocycles. The summed E-state index contributed by atoms with van der Waals surface area (Å²) >= 11 is 1.52. The molecule has 0 fully saturated rings. The fourth-order valence-corrected chi connectivity index (χ4v) is 2.29. The number of nitro groups is 1. The maximum absolute atomic E-state index is 13.8. The molecule has 0 radical (unpaired) electrons. The molecular weight excluding hydrogens is 285 g/mol. The lowest BCUT2D eigenvalue weighted by Gasteiger charge is -2.09. The van der Waals surface area contributed by atoms with Gasteiger partial charge in [-0.1, -0.05) is 0 Å². The number of anilines is 1. The van der Waals surface area contributed by atoms with Gasteiger partial charge in [0.2, 0.25) is 0 Å². The number of methoxy groups -OCH3 is 1. The number of rotatable bonds is 6. The van der Waals surface area contributed by atoms with E-state index in [1.54, 1.807) is 6.20 Å². The first kappa shape index (κ1) is 14.2. The molecule has 0 saturated heterocycles. The maximum atomic E-state index is 13.8. The van der Waals surface area contributed by atoms with Crippen LogP contribution >= 0.6 is 11.3 Å². The molecule has 20 heavy (non-hydrogen) atoms. The number of thiazole rings is 1. The van der Waals surface area contributed by atoms with Crippen LogP contribution in [0.2, 0.25) is 0 Å². The van der Waals surface area contributed by atoms with Crippen molar-refractivity contribution in [3.05, 3.63) is 44.6 Å². The van der Waals surface area contributed by atoms with Gasteiger partial charge in [0.05, 0.1) is 28.8 Å². The van der Waals surface area contributed by atoms with Crippen molar-refractivity contribution in [1.82, 2.24) is 4.98 Å². The third kappa shape index (κ3) is 3.21. The third-order valence-corrected chi connectivity index (χ3v) is 3.44. The van der Waals surface area contributed by atoms with Crippen molar-refractivity contribution >= 4 is 22.7 Å². The highest BCUT2D eigenvalue weighted by Crippen LogP contribution is 2.32. The van der Waals surface area contributed by atoms with Gasteiger partial charge in [-0.3, -0.25) is 10.1 Å². The maximum Gasteiger partial charge on any atom is 0.313 e. The molecule has 0 bridgehead atoms. The summed E-state index contributed by atoms with van der Waals surface area (Å²) in [7, 11) is 1.31. The fraction of sp³-hybridized carbons (Fsp3) is 0.250. The minimum atomic E-state index is -0.684. The topological polar surface area (TPSA) is 77.3 Å². The van der Waals surface area contributed by atoms with Gasteiger partial charge in [0.25, 0.3) is 0 Å². The molecule has 0 amide bonds. The largest absolute Gasteiger partial charge is 0.490 e. The molecule has 1 aromatic heterocycles. The standard InChI is InChI=1S/C12H12FN3O3S/c1-19-11-7-9(8(13)6-10(11)16(17)18)14-3-2-12-15-4-5-20-12/h4-7,14H,2-3H2,1H3. The van der Waals surface area contributed by atoms with Gasteiger partial charge in [0.15, 0.2) is 11.6 Å². The molecule has 2 aromatic rings. The average molecular weight is 297 g/mol. The summed E-state index contributed by atoms with van der Waals surface area (Å²) in [5, 5.41) is 16.4. The van der Waals surface area contributed by atoms with E-state index in [9.17, 15) is 14.5 Å². The summed E-state index contributed by atoms with van der Waals surface area (Å²) in [5.41, 5.74) is -0.223. The van der Waals surface area contributed by atoms with Crippen LogP contribution in [0.1, 0.15) is 5.01 Å². The van der Waals surface area contributed by atoms with Crippen LogP contribution in [0.25, 0.3) is 0 Å². The summed E-state index contributed by atoms with van der Waals surface area (Å²) in [6.07, 6.45) is 2.35. The monoisotopic (exact) mass is 297 g/mol. The van der Waals surface area contributed by atoms with Gasteiger partial charge in [-0.05, 0) is 0 Å². The molecule has 1 heterocycles. The Bertz CT molecular complexity index is 604. The molecule has 0 unspecified atom stereocenters. The van der Waals surface area contributed by atoms with Crippen LogP contribution in [-0.2, 0) is 6.42 Å². The molecule has 6 nitrogen and oxygen atoms in total. The van der Waals surface area contributed by atoms with E-state index >= 15 is 0 Å². The van der Waals surface area contributed by atoms with Crippen molar-refractivity contribution in [2.24, 2.45) is 0 Å². The fourth-order valence-electron chi connectivity index (χ4n) is 1.67. The van der Waals surface area contributed by atoms with Gasteiger partial charge in [0.1, 0.15) is 0 Å². The number of benzene rings is 1. The highest BCUT2D eigenvalue weighted by atomic mass is 32.1. The molecule has 0 aliphatic rings. The van der Waals surface area contributed by atoms with Crippen molar-refractivity contribution in [1.29, 1.82) is 0 Å². The Morgan fingerprint density at radius 2 is 2.35 bits per heavy atom. The second-order valence-electron chi connectivity index (χ2n) is 3.86. The van der Waals surface area contributed by atoms with Gasteiger partial charge in [-0.25, -0.2) is 9.37 Å². The molecule has 0 aliphatic heterocycles. The Morgan fingerprint density at radius 1 is 1.55 bits per heavy atom. The number of nitrogens with zero attached hydrogens (tertiary/aromatic N) is 2. The predicted molar refractivity (Wildman–Crippen MR) is 73.9 cm³/mol. The van der Waals surface area contributed by atoms with E-state index in [4.69, 9.17) is 4.74 Å². The van der Waals surface area contributed by atoms with Gasteiger partial charge < -0.3 is 10.1 Å². The van der Waals surface area contributed by atoms with Crippen LogP contribution in [0, 0.1) is 15.9 Å². The summed E-state index contributed by atoms with van der Waals surface area (Å²) in [6.45, 7) is 0.478. The SMILES string of the molecule is COc1cc(NCCc2nccs2)c(F)cc1[N+](=O)[O-]. The molecule has 1 N–H and O–H groups in total. The van der Waals surface area contributed by atoms with E-state index in [0.717, 1.165) is 11.1 Å². The molecule has 0 spiro atoms. The van der Waals surface area contributed by atoms with Crippen LogP contribution in [0.5, 0.6) is 5.75 Å². The van der Waals surface area contributed by atoms with E-state index in [0.29, 0.717) is 13.0 Å². The van der Waals surface area contributed by atoms with E-state index in [2.05, 4.69) is 10.3 Å². The lowest BCUT2D eigenvalue weighted by atomic mass is 10.2. The Morgan fingerprint density at radius 3 is 2.95 bits per heavy atom. The molecule has 8 heteroatoms. The van der Waals surface area contributed by atoms with E-state index < -0.39 is 16.4 Å². The first-order chi connectivity index (χ1) is 9.61. The second-order valence-corrected chi connectivity index (χ2v) is 4.84. The van der Waals surface area contributed by atoms with Crippen molar-refractivity contribution in [2.75, 3.05) is 19.0 Å². The van der Waals surface area contributed by atoms with Crippen LogP contribution in [-0.4, -0.2) is 23.6 Å². The number of halogens is 1. The highest BCUT2D eigenvalue weighted by Gasteiger charge is 2.19. The summed E-state index contributed by atoms with van der Waals surface area (Å²) in [5.74, 6) is -0.662. The van der Waals surface area contributed by atoms with Gasteiger partial charge >= 0.3 is 5.69 Å². The number of hydrogen-bond acceptors (Lipinski definition) is 6. The van der Waals surface area contributed by atoms with Gasteiger partial charge in [-0.15, -0.1) is 11.3 Å². The van der Waals surface area contributed by atoms with Crippen LogP contribution in [0.3, 0.4) is 0 Å². The number of nitrogens with one attached hydrogen (secondary N) is 1. The zero-order valence-electron chi connectivity index (χ0n) is 10.6. The van der Waals surface area contributed by atoms with Crippen molar-refractivity contribution in [3.63, 3.8) is 0 Å². The van der Waals surface area contributed by atoms with Crippen LogP contribution < -0.4 is 10.1 Å². The minimum Gasteiger partial charge on any atom is -0.490 e. The van der Waals surface area contributed by atoms with E-state index in [1.807, 2.05) is 5.38 Å². The van der Waals surface area contributed by atoms with Crippen molar-refractivity contribution < 1.29 is 14.1 Å². The molecule has 0 atom stereocenters. The van der Waals surface area contributed by atoms with Crippen LogP contribution in [0.15, 0.2) is 23.7 Å². The normalized spacial score (nSPS) is 10.3. The minimum absolute atomic E-state index is 0.0214.